The van der Waals surface area contributed by atoms with Crippen molar-refractivity contribution in [3.05, 3.63) is 198 Å². The summed E-state index contributed by atoms with van der Waals surface area (Å²) < 4.78 is 7.63. The fourth-order valence-corrected chi connectivity index (χ4v) is 6.86. The molecule has 1 heterocycles. The van der Waals surface area contributed by atoms with Gasteiger partial charge in [-0.3, -0.25) is 4.79 Å². The van der Waals surface area contributed by atoms with Crippen LogP contribution in [-0.2, 0) is 28.2 Å². The molecule has 0 aliphatic heterocycles. The van der Waals surface area contributed by atoms with Crippen LogP contribution in [0.2, 0.25) is 0 Å². The zero-order valence-corrected chi connectivity index (χ0v) is 30.6. The summed E-state index contributed by atoms with van der Waals surface area (Å²) in [6.45, 7) is 4.83. The lowest BCUT2D eigenvalue weighted by Crippen LogP contribution is -2.41. The van der Waals surface area contributed by atoms with E-state index in [-0.39, 0.29) is 30.9 Å². The van der Waals surface area contributed by atoms with Crippen molar-refractivity contribution in [2.24, 2.45) is 5.92 Å². The SMILES string of the molecule is CC(C)[C@H](NCc1ccc(-c2ccccc2-c2nnnn2C(c2ccccc2)(c2ccccc2)c2ccccc2)cc1)C(=O)OCc1ccccc1.Cl. The van der Waals surface area contributed by atoms with E-state index in [1.165, 1.54) is 0 Å². The number of carbonyl (C=O) groups is 1. The van der Waals surface area contributed by atoms with E-state index in [2.05, 4.69) is 120 Å². The molecule has 1 N–H and O–H groups in total. The molecule has 0 bridgehead atoms. The number of tetrazole rings is 1. The molecule has 7 nitrogen and oxygen atoms in total. The summed E-state index contributed by atoms with van der Waals surface area (Å²) in [4.78, 5) is 13.0. The fourth-order valence-electron chi connectivity index (χ4n) is 6.86. The average Bonchev–Trinajstić information content (AvgIpc) is 3.69. The van der Waals surface area contributed by atoms with E-state index in [0.717, 1.165) is 44.5 Å². The molecule has 7 rings (SSSR count). The van der Waals surface area contributed by atoms with Gasteiger partial charge in [-0.1, -0.05) is 184 Å². The molecule has 7 aromatic rings. The zero-order chi connectivity index (χ0) is 35.8. The van der Waals surface area contributed by atoms with Crippen molar-refractivity contribution in [2.75, 3.05) is 0 Å². The second-order valence-electron chi connectivity index (χ2n) is 13.2. The third-order valence-electron chi connectivity index (χ3n) is 9.47. The topological polar surface area (TPSA) is 81.9 Å². The Morgan fingerprint density at radius 1 is 0.642 bits per heavy atom. The predicted octanol–water partition coefficient (Wildman–Crippen LogP) is 9.13. The summed E-state index contributed by atoms with van der Waals surface area (Å²) in [6.07, 6.45) is 0. The summed E-state index contributed by atoms with van der Waals surface area (Å²) in [7, 11) is 0. The van der Waals surface area contributed by atoms with Gasteiger partial charge < -0.3 is 10.1 Å². The molecular weight excluding hydrogens is 678 g/mol. The summed E-state index contributed by atoms with van der Waals surface area (Å²) in [5, 5.41) is 17.2. The van der Waals surface area contributed by atoms with Crippen LogP contribution in [0.25, 0.3) is 22.5 Å². The third-order valence-corrected chi connectivity index (χ3v) is 9.47. The van der Waals surface area contributed by atoms with Crippen LogP contribution in [0.3, 0.4) is 0 Å². The van der Waals surface area contributed by atoms with Crippen molar-refractivity contribution in [1.82, 2.24) is 25.5 Å². The number of benzene rings is 6. The lowest BCUT2D eigenvalue weighted by atomic mass is 9.77. The van der Waals surface area contributed by atoms with Gasteiger partial charge in [0.15, 0.2) is 5.82 Å². The standard InChI is InChI=1S/C45H41N5O2.ClH/c1-33(2)42(44(51)52-32-35-17-7-3-8-18-35)46-31-34-27-29-36(30-28-34)40-25-15-16-26-41(40)43-47-48-49-50(43)45(37-19-9-4-10-20-37,38-21-11-5-12-22-38)39-23-13-6-14-24-39;/h3-30,33,42,46H,31-32H2,1-2H3;1H/t42-;/m0./s1. The lowest BCUT2D eigenvalue weighted by molar-refractivity contribution is -0.148. The quantitative estimate of drug-likeness (QED) is 0.0946. The number of carbonyl (C=O) groups excluding carboxylic acids is 1. The number of hydrogen-bond donors (Lipinski definition) is 1. The van der Waals surface area contributed by atoms with Gasteiger partial charge in [-0.05, 0) is 55.3 Å². The molecule has 0 aliphatic rings. The number of nitrogens with one attached hydrogen (secondary N) is 1. The molecular formula is C45H42ClN5O2. The summed E-state index contributed by atoms with van der Waals surface area (Å²) in [5.41, 5.74) is 7.23. The molecule has 0 radical (unpaired) electrons. The van der Waals surface area contributed by atoms with Crippen LogP contribution >= 0.6 is 12.4 Å². The average molecular weight is 720 g/mol. The maximum atomic E-state index is 13.0. The normalized spacial score (nSPS) is 11.8. The number of aromatic nitrogens is 4. The van der Waals surface area contributed by atoms with Crippen LogP contribution in [0.1, 0.15) is 41.7 Å². The first-order valence-electron chi connectivity index (χ1n) is 17.6. The highest BCUT2D eigenvalue weighted by Crippen LogP contribution is 2.43. The molecule has 6 aromatic carbocycles. The number of hydrogen-bond acceptors (Lipinski definition) is 6. The zero-order valence-electron chi connectivity index (χ0n) is 29.7. The fraction of sp³-hybridized carbons (Fsp3) is 0.156. The maximum absolute atomic E-state index is 13.0. The molecule has 0 unspecified atom stereocenters. The summed E-state index contributed by atoms with van der Waals surface area (Å²) in [5.74, 6) is 0.460. The Bertz CT molecular complexity index is 2100. The molecule has 0 saturated heterocycles. The summed E-state index contributed by atoms with van der Waals surface area (Å²) >= 11 is 0. The van der Waals surface area contributed by atoms with Gasteiger partial charge in [0.1, 0.15) is 18.2 Å². The highest BCUT2D eigenvalue weighted by molar-refractivity contribution is 5.85. The van der Waals surface area contributed by atoms with Crippen LogP contribution in [0.4, 0.5) is 0 Å². The molecule has 53 heavy (non-hydrogen) atoms. The van der Waals surface area contributed by atoms with E-state index < -0.39 is 11.6 Å². The van der Waals surface area contributed by atoms with Crippen molar-refractivity contribution in [1.29, 1.82) is 0 Å². The van der Waals surface area contributed by atoms with Gasteiger partial charge in [0, 0.05) is 12.1 Å². The minimum absolute atomic E-state index is 0. The predicted molar refractivity (Wildman–Crippen MR) is 212 cm³/mol. The molecule has 8 heteroatoms. The minimum Gasteiger partial charge on any atom is -0.460 e. The van der Waals surface area contributed by atoms with Crippen molar-refractivity contribution in [3.63, 3.8) is 0 Å². The summed E-state index contributed by atoms with van der Waals surface area (Å²) in [6, 6.07) is 57.2. The molecule has 1 atom stereocenters. The molecule has 0 aliphatic carbocycles. The minimum atomic E-state index is -0.861. The first kappa shape index (κ1) is 36.9. The molecule has 0 saturated carbocycles. The highest BCUT2D eigenvalue weighted by atomic mass is 35.5. The largest absolute Gasteiger partial charge is 0.460 e. The Morgan fingerprint density at radius 2 is 1.13 bits per heavy atom. The number of esters is 1. The number of nitrogens with zero attached hydrogens (tertiary/aromatic N) is 4. The van der Waals surface area contributed by atoms with Gasteiger partial charge in [-0.2, -0.15) is 0 Å². The Balaban J connectivity index is 0.00000481. The highest BCUT2D eigenvalue weighted by Gasteiger charge is 2.42. The second-order valence-corrected chi connectivity index (χ2v) is 13.2. The number of ether oxygens (including phenoxy) is 1. The van der Waals surface area contributed by atoms with Crippen molar-refractivity contribution >= 4 is 18.4 Å². The van der Waals surface area contributed by atoms with Crippen LogP contribution in [0.15, 0.2) is 170 Å². The van der Waals surface area contributed by atoms with Gasteiger partial charge >= 0.3 is 5.97 Å². The monoisotopic (exact) mass is 719 g/mol. The Hall–Kier alpha value is -5.89. The van der Waals surface area contributed by atoms with E-state index >= 15 is 0 Å². The van der Waals surface area contributed by atoms with Crippen molar-refractivity contribution in [2.45, 2.75) is 38.6 Å². The van der Waals surface area contributed by atoms with E-state index in [0.29, 0.717) is 12.4 Å². The number of rotatable bonds is 13. The molecule has 0 spiro atoms. The van der Waals surface area contributed by atoms with E-state index in [9.17, 15) is 4.79 Å². The molecule has 266 valence electrons. The van der Waals surface area contributed by atoms with Gasteiger partial charge in [0.05, 0.1) is 0 Å². The third kappa shape index (κ3) is 7.82. The van der Waals surface area contributed by atoms with Gasteiger partial charge in [-0.25, -0.2) is 4.68 Å². The molecule has 0 amide bonds. The van der Waals surface area contributed by atoms with Gasteiger partial charge in [0.2, 0.25) is 0 Å². The van der Waals surface area contributed by atoms with Crippen LogP contribution < -0.4 is 5.32 Å². The molecule has 1 aromatic heterocycles. The van der Waals surface area contributed by atoms with Crippen LogP contribution in [0.5, 0.6) is 0 Å². The smallest absolute Gasteiger partial charge is 0.323 e. The Labute approximate surface area is 317 Å². The second kappa shape index (κ2) is 17.1. The van der Waals surface area contributed by atoms with Gasteiger partial charge in [0.25, 0.3) is 0 Å². The van der Waals surface area contributed by atoms with E-state index in [1.807, 2.05) is 79.2 Å². The van der Waals surface area contributed by atoms with Crippen molar-refractivity contribution in [3.8, 4) is 22.5 Å². The maximum Gasteiger partial charge on any atom is 0.323 e. The first-order chi connectivity index (χ1) is 25.6. The van der Waals surface area contributed by atoms with Crippen molar-refractivity contribution < 1.29 is 9.53 Å². The Kier molecular flexibility index (Phi) is 11.9. The van der Waals surface area contributed by atoms with Gasteiger partial charge in [-0.15, -0.1) is 17.5 Å². The van der Waals surface area contributed by atoms with E-state index in [4.69, 9.17) is 15.0 Å². The lowest BCUT2D eigenvalue weighted by Gasteiger charge is -2.36. The Morgan fingerprint density at radius 3 is 1.66 bits per heavy atom. The first-order valence-corrected chi connectivity index (χ1v) is 17.6. The number of halogens is 1. The molecule has 0 fully saturated rings. The van der Waals surface area contributed by atoms with E-state index in [1.54, 1.807) is 0 Å². The van der Waals surface area contributed by atoms with Crippen LogP contribution in [-0.4, -0.2) is 32.2 Å². The van der Waals surface area contributed by atoms with Crippen LogP contribution in [0, 0.1) is 5.92 Å².